The van der Waals surface area contributed by atoms with Gasteiger partial charge < -0.3 is 10.6 Å². The first-order valence-corrected chi connectivity index (χ1v) is 12.5. The number of nitrogens with one attached hydrogen (secondary N) is 3. The number of sulfonamides is 1. The average molecular weight is 552 g/mol. The summed E-state index contributed by atoms with van der Waals surface area (Å²) in [5.41, 5.74) is 2.54. The van der Waals surface area contributed by atoms with E-state index in [4.69, 9.17) is 0 Å². The lowest BCUT2D eigenvalue weighted by Crippen LogP contribution is -2.38. The van der Waals surface area contributed by atoms with Crippen LogP contribution in [0.3, 0.4) is 0 Å². The van der Waals surface area contributed by atoms with Crippen LogP contribution in [0, 0.1) is 0 Å². The normalized spacial score (nSPS) is 15.5. The van der Waals surface area contributed by atoms with Crippen LogP contribution in [-0.4, -0.2) is 57.8 Å². The molecule has 0 radical (unpaired) electrons. The molecule has 9 heteroatoms. The van der Waals surface area contributed by atoms with Crippen LogP contribution < -0.4 is 15.4 Å². The highest BCUT2D eigenvalue weighted by atomic mass is 127. The zero-order valence-electron chi connectivity index (χ0n) is 18.3. The van der Waals surface area contributed by atoms with Gasteiger partial charge in [-0.05, 0) is 57.3 Å². The number of piperidine rings is 1. The first kappa shape index (κ1) is 27.1. The Morgan fingerprint density at radius 1 is 1.00 bits per heavy atom. The third-order valence-corrected chi connectivity index (χ3v) is 6.39. The molecule has 0 aromatic heterocycles. The average Bonchev–Trinajstić information content (AvgIpc) is 2.73. The van der Waals surface area contributed by atoms with Crippen molar-refractivity contribution in [1.29, 1.82) is 0 Å². The summed E-state index contributed by atoms with van der Waals surface area (Å²) in [4.78, 5) is 7.17. The van der Waals surface area contributed by atoms with Crippen LogP contribution in [0.4, 0.5) is 0 Å². The van der Waals surface area contributed by atoms with Crippen molar-refractivity contribution in [3.63, 3.8) is 0 Å². The van der Waals surface area contributed by atoms with E-state index in [-0.39, 0.29) is 29.7 Å². The third kappa shape index (κ3) is 10.9. The molecule has 1 saturated heterocycles. The second-order valence-corrected chi connectivity index (χ2v) is 9.52. The molecule has 7 nitrogen and oxygen atoms in total. The van der Waals surface area contributed by atoms with Gasteiger partial charge in [0.2, 0.25) is 10.0 Å². The maximum atomic E-state index is 11.4. The largest absolute Gasteiger partial charge is 0.357 e. The highest BCUT2D eigenvalue weighted by Gasteiger charge is 2.10. The molecule has 0 spiro atoms. The third-order valence-electron chi connectivity index (χ3n) is 4.99. The SMILES string of the molecule is CCNC(=NCc1ccc(CN2CCCCC2)cc1)NCCCNS(=O)(=O)CC.I. The number of hydrogen-bond acceptors (Lipinski definition) is 4. The topological polar surface area (TPSA) is 85.8 Å². The summed E-state index contributed by atoms with van der Waals surface area (Å²) in [6.07, 6.45) is 4.70. The molecular weight excluding hydrogens is 513 g/mol. The lowest BCUT2D eigenvalue weighted by Gasteiger charge is -2.26. The highest BCUT2D eigenvalue weighted by molar-refractivity contribution is 14.0. The summed E-state index contributed by atoms with van der Waals surface area (Å²) in [5, 5.41) is 6.49. The maximum absolute atomic E-state index is 11.4. The smallest absolute Gasteiger partial charge is 0.211 e. The lowest BCUT2D eigenvalue weighted by molar-refractivity contribution is 0.221. The molecular formula is C21H38IN5O2S. The van der Waals surface area contributed by atoms with E-state index in [1.807, 2.05) is 6.92 Å². The molecule has 3 N–H and O–H groups in total. The fraction of sp³-hybridized carbons (Fsp3) is 0.667. The maximum Gasteiger partial charge on any atom is 0.211 e. The van der Waals surface area contributed by atoms with Gasteiger partial charge >= 0.3 is 0 Å². The van der Waals surface area contributed by atoms with Crippen molar-refractivity contribution in [2.24, 2.45) is 4.99 Å². The van der Waals surface area contributed by atoms with Crippen molar-refractivity contribution in [1.82, 2.24) is 20.3 Å². The number of likely N-dealkylation sites (tertiary alicyclic amines) is 1. The predicted octanol–water partition coefficient (Wildman–Crippen LogP) is 2.68. The number of hydrogen-bond donors (Lipinski definition) is 3. The Labute approximate surface area is 199 Å². The molecule has 0 unspecified atom stereocenters. The van der Waals surface area contributed by atoms with E-state index in [1.165, 1.54) is 43.5 Å². The molecule has 1 aromatic carbocycles. The molecule has 2 rings (SSSR count). The second-order valence-electron chi connectivity index (χ2n) is 7.43. The van der Waals surface area contributed by atoms with Crippen LogP contribution in [0.5, 0.6) is 0 Å². The van der Waals surface area contributed by atoms with E-state index in [0.717, 1.165) is 19.0 Å². The van der Waals surface area contributed by atoms with E-state index < -0.39 is 10.0 Å². The van der Waals surface area contributed by atoms with Crippen molar-refractivity contribution < 1.29 is 8.42 Å². The van der Waals surface area contributed by atoms with E-state index >= 15 is 0 Å². The first-order chi connectivity index (χ1) is 14.0. The van der Waals surface area contributed by atoms with Crippen LogP contribution in [0.1, 0.15) is 50.7 Å². The number of aliphatic imine (C=N–C) groups is 1. The van der Waals surface area contributed by atoms with Gasteiger partial charge in [-0.3, -0.25) is 4.90 Å². The second kappa shape index (κ2) is 15.0. The Morgan fingerprint density at radius 2 is 1.67 bits per heavy atom. The summed E-state index contributed by atoms with van der Waals surface area (Å²) in [5.74, 6) is 0.865. The van der Waals surface area contributed by atoms with Gasteiger partial charge in [0.1, 0.15) is 0 Å². The van der Waals surface area contributed by atoms with Crippen molar-refractivity contribution in [3.05, 3.63) is 35.4 Å². The van der Waals surface area contributed by atoms with E-state index in [2.05, 4.69) is 49.5 Å². The van der Waals surface area contributed by atoms with Gasteiger partial charge in [0, 0.05) is 26.2 Å². The van der Waals surface area contributed by atoms with Crippen molar-refractivity contribution in [3.8, 4) is 0 Å². The Morgan fingerprint density at radius 3 is 2.30 bits per heavy atom. The summed E-state index contributed by atoms with van der Waals surface area (Å²) in [7, 11) is -3.12. The Kier molecular flexibility index (Phi) is 13.5. The Balaban J connectivity index is 0.00000450. The van der Waals surface area contributed by atoms with E-state index in [9.17, 15) is 8.42 Å². The van der Waals surface area contributed by atoms with Crippen LogP contribution in [-0.2, 0) is 23.1 Å². The molecule has 1 heterocycles. The predicted molar refractivity (Wildman–Crippen MR) is 136 cm³/mol. The molecule has 1 aliphatic heterocycles. The molecule has 1 fully saturated rings. The number of benzene rings is 1. The first-order valence-electron chi connectivity index (χ1n) is 10.8. The summed E-state index contributed by atoms with van der Waals surface area (Å²) >= 11 is 0. The van der Waals surface area contributed by atoms with Crippen LogP contribution >= 0.6 is 24.0 Å². The van der Waals surface area contributed by atoms with Crippen LogP contribution in [0.25, 0.3) is 0 Å². The molecule has 1 aromatic rings. The fourth-order valence-corrected chi connectivity index (χ4v) is 3.92. The van der Waals surface area contributed by atoms with Crippen molar-refractivity contribution in [2.45, 2.75) is 52.6 Å². The van der Waals surface area contributed by atoms with Crippen molar-refractivity contribution >= 4 is 40.0 Å². The molecule has 0 atom stereocenters. The zero-order chi connectivity index (χ0) is 21.0. The molecule has 0 amide bonds. The van der Waals surface area contributed by atoms with Gasteiger partial charge in [-0.2, -0.15) is 0 Å². The highest BCUT2D eigenvalue weighted by Crippen LogP contribution is 2.14. The molecule has 172 valence electrons. The van der Waals surface area contributed by atoms with Crippen molar-refractivity contribution in [2.75, 3.05) is 38.5 Å². The van der Waals surface area contributed by atoms with E-state index in [0.29, 0.717) is 26.1 Å². The number of rotatable bonds is 11. The number of halogens is 1. The molecule has 0 saturated carbocycles. The molecule has 0 aliphatic carbocycles. The monoisotopic (exact) mass is 551 g/mol. The Bertz CT molecular complexity index is 719. The van der Waals surface area contributed by atoms with Gasteiger partial charge in [0.05, 0.1) is 12.3 Å². The summed E-state index contributed by atoms with van der Waals surface area (Å²) < 4.78 is 25.4. The number of guanidine groups is 1. The minimum Gasteiger partial charge on any atom is -0.357 e. The minimum atomic E-state index is -3.12. The Hall–Kier alpha value is -0.910. The molecule has 1 aliphatic rings. The number of nitrogens with zero attached hydrogens (tertiary/aromatic N) is 2. The zero-order valence-corrected chi connectivity index (χ0v) is 21.5. The van der Waals surface area contributed by atoms with Gasteiger partial charge in [0.25, 0.3) is 0 Å². The van der Waals surface area contributed by atoms with Crippen LogP contribution in [0.2, 0.25) is 0 Å². The molecule has 0 bridgehead atoms. The standard InChI is InChI=1S/C21H37N5O2S.HI/c1-3-22-21(23-13-8-14-25-29(27,28)4-2)24-17-19-9-11-20(12-10-19)18-26-15-6-5-7-16-26;/h9-12,25H,3-8,13-18H2,1-2H3,(H2,22,23,24);1H. The lowest BCUT2D eigenvalue weighted by atomic mass is 10.1. The van der Waals surface area contributed by atoms with Gasteiger partial charge in [0.15, 0.2) is 5.96 Å². The summed E-state index contributed by atoms with van der Waals surface area (Å²) in [6.45, 7) is 9.61. The van der Waals surface area contributed by atoms with Gasteiger partial charge in [-0.1, -0.05) is 30.7 Å². The van der Waals surface area contributed by atoms with E-state index in [1.54, 1.807) is 6.92 Å². The molecule has 30 heavy (non-hydrogen) atoms. The van der Waals surface area contributed by atoms with Gasteiger partial charge in [-0.15, -0.1) is 24.0 Å². The van der Waals surface area contributed by atoms with Gasteiger partial charge in [-0.25, -0.2) is 18.1 Å². The summed E-state index contributed by atoms with van der Waals surface area (Å²) in [6, 6.07) is 8.73. The van der Waals surface area contributed by atoms with Crippen LogP contribution in [0.15, 0.2) is 29.3 Å². The quantitative estimate of drug-likeness (QED) is 0.171. The fourth-order valence-electron chi connectivity index (χ4n) is 3.26. The minimum absolute atomic E-state index is 0.